The quantitative estimate of drug-likeness (QED) is 0.262. The lowest BCUT2D eigenvalue weighted by atomic mass is 10.1. The summed E-state index contributed by atoms with van der Waals surface area (Å²) in [5, 5.41) is 1.24. The van der Waals surface area contributed by atoms with Crippen molar-refractivity contribution in [3.05, 3.63) is 146 Å². The van der Waals surface area contributed by atoms with Crippen LogP contribution in [0, 0.1) is 0 Å². The number of benzene rings is 5. The predicted molar refractivity (Wildman–Crippen MR) is 143 cm³/mol. The van der Waals surface area contributed by atoms with Crippen LogP contribution in [0.25, 0.3) is 27.8 Å². The van der Waals surface area contributed by atoms with Crippen LogP contribution >= 0.6 is 0 Å². The van der Waals surface area contributed by atoms with E-state index >= 15 is 0 Å². The van der Waals surface area contributed by atoms with Crippen LogP contribution in [0.4, 0.5) is 17.1 Å². The molecule has 5 aromatic carbocycles. The van der Waals surface area contributed by atoms with E-state index in [1.165, 1.54) is 22.2 Å². The van der Waals surface area contributed by atoms with E-state index in [1.54, 1.807) is 0 Å². The molecular weight excluding hydrogens is 412 g/mol. The monoisotopic (exact) mass is 436 g/mol. The molecule has 1 heterocycles. The van der Waals surface area contributed by atoms with Crippen molar-refractivity contribution in [2.75, 3.05) is 4.90 Å². The summed E-state index contributed by atoms with van der Waals surface area (Å²) < 4.78 is 2.34. The van der Waals surface area contributed by atoms with Crippen molar-refractivity contribution >= 4 is 28.0 Å². The summed E-state index contributed by atoms with van der Waals surface area (Å²) in [4.78, 5) is 2.29. The molecule has 2 heteroatoms. The van der Waals surface area contributed by atoms with Gasteiger partial charge in [0.25, 0.3) is 0 Å². The Bertz CT molecular complexity index is 1480. The SMILES string of the molecule is c1ccc(N(c2ccccc2)c2ccc(-c3cc4ccccc4n3-c3ccccc3)cc2)cc1. The molecule has 0 fully saturated rings. The standard InChI is InChI=1S/C32H24N2/c1-4-13-27(14-5-1)33(28-15-6-2-7-16-28)30-22-20-25(21-23-30)32-24-26-12-10-11-19-31(26)34(32)29-17-8-3-9-18-29/h1-24H. The van der Waals surface area contributed by atoms with Crippen molar-refractivity contribution in [2.24, 2.45) is 0 Å². The van der Waals surface area contributed by atoms with Gasteiger partial charge in [0.15, 0.2) is 0 Å². The van der Waals surface area contributed by atoms with Gasteiger partial charge in [-0.1, -0.05) is 84.9 Å². The molecule has 0 bridgehead atoms. The van der Waals surface area contributed by atoms with E-state index in [1.807, 2.05) is 0 Å². The van der Waals surface area contributed by atoms with Gasteiger partial charge in [0.1, 0.15) is 0 Å². The van der Waals surface area contributed by atoms with E-state index < -0.39 is 0 Å². The minimum Gasteiger partial charge on any atom is -0.311 e. The highest BCUT2D eigenvalue weighted by atomic mass is 15.1. The number of fused-ring (bicyclic) bond motifs is 1. The first-order valence-electron chi connectivity index (χ1n) is 11.5. The lowest BCUT2D eigenvalue weighted by Gasteiger charge is -2.25. The average Bonchev–Trinajstić information content (AvgIpc) is 3.31. The molecule has 1 aromatic heterocycles. The smallest absolute Gasteiger partial charge is 0.0541 e. The third-order valence-electron chi connectivity index (χ3n) is 6.18. The zero-order valence-electron chi connectivity index (χ0n) is 18.8. The van der Waals surface area contributed by atoms with E-state index in [4.69, 9.17) is 0 Å². The molecule has 0 N–H and O–H groups in total. The molecule has 0 aliphatic carbocycles. The molecule has 0 saturated heterocycles. The molecule has 0 unspecified atom stereocenters. The maximum absolute atomic E-state index is 2.34. The number of hydrogen-bond acceptors (Lipinski definition) is 1. The van der Waals surface area contributed by atoms with Crippen molar-refractivity contribution in [3.8, 4) is 16.9 Å². The van der Waals surface area contributed by atoms with Crippen molar-refractivity contribution in [3.63, 3.8) is 0 Å². The van der Waals surface area contributed by atoms with Gasteiger partial charge in [-0.25, -0.2) is 0 Å². The first kappa shape index (κ1) is 20.1. The van der Waals surface area contributed by atoms with Crippen LogP contribution in [0.5, 0.6) is 0 Å². The number of hydrogen-bond donors (Lipinski definition) is 0. The largest absolute Gasteiger partial charge is 0.311 e. The molecule has 0 saturated carbocycles. The highest BCUT2D eigenvalue weighted by Crippen LogP contribution is 2.37. The molecule has 0 aliphatic rings. The second kappa shape index (κ2) is 8.76. The molecule has 0 amide bonds. The second-order valence-electron chi connectivity index (χ2n) is 8.31. The highest BCUT2D eigenvalue weighted by Gasteiger charge is 2.15. The highest BCUT2D eigenvalue weighted by molar-refractivity contribution is 5.89. The van der Waals surface area contributed by atoms with Crippen molar-refractivity contribution in [2.45, 2.75) is 0 Å². The van der Waals surface area contributed by atoms with Crippen molar-refractivity contribution in [1.29, 1.82) is 0 Å². The van der Waals surface area contributed by atoms with Crippen LogP contribution < -0.4 is 4.90 Å². The first-order valence-corrected chi connectivity index (χ1v) is 11.5. The molecule has 0 spiro atoms. The Morgan fingerprint density at radius 1 is 0.441 bits per heavy atom. The summed E-state index contributed by atoms with van der Waals surface area (Å²) in [5.74, 6) is 0. The zero-order chi connectivity index (χ0) is 22.7. The normalized spacial score (nSPS) is 10.9. The van der Waals surface area contributed by atoms with Gasteiger partial charge in [0.05, 0.1) is 11.2 Å². The molecule has 162 valence electrons. The van der Waals surface area contributed by atoms with Crippen LogP contribution in [0.3, 0.4) is 0 Å². The van der Waals surface area contributed by atoms with Crippen LogP contribution in [-0.2, 0) is 0 Å². The molecular formula is C32H24N2. The van der Waals surface area contributed by atoms with Gasteiger partial charge in [-0.2, -0.15) is 0 Å². The molecule has 0 aliphatic heterocycles. The molecule has 0 atom stereocenters. The molecule has 2 nitrogen and oxygen atoms in total. The molecule has 6 rings (SSSR count). The number of rotatable bonds is 5. The van der Waals surface area contributed by atoms with Gasteiger partial charge in [-0.15, -0.1) is 0 Å². The fraction of sp³-hybridized carbons (Fsp3) is 0. The van der Waals surface area contributed by atoms with Crippen LogP contribution in [0.2, 0.25) is 0 Å². The van der Waals surface area contributed by atoms with E-state index in [9.17, 15) is 0 Å². The minimum atomic E-state index is 1.13. The fourth-order valence-electron chi connectivity index (χ4n) is 4.61. The zero-order valence-corrected chi connectivity index (χ0v) is 18.8. The van der Waals surface area contributed by atoms with Crippen LogP contribution in [0.15, 0.2) is 146 Å². The van der Waals surface area contributed by atoms with E-state index in [2.05, 4.69) is 155 Å². The summed E-state index contributed by atoms with van der Waals surface area (Å²) in [5.41, 5.74) is 8.15. The molecule has 0 radical (unpaired) electrons. The van der Waals surface area contributed by atoms with Gasteiger partial charge in [0.2, 0.25) is 0 Å². The predicted octanol–water partition coefficient (Wildman–Crippen LogP) is 8.77. The summed E-state index contributed by atoms with van der Waals surface area (Å²) in [6, 6.07) is 51.3. The Morgan fingerprint density at radius 3 is 1.56 bits per heavy atom. The first-order chi connectivity index (χ1) is 16.9. The number of para-hydroxylation sites is 4. The Hall–Kier alpha value is -4.56. The maximum atomic E-state index is 2.34. The third-order valence-corrected chi connectivity index (χ3v) is 6.18. The summed E-state index contributed by atoms with van der Waals surface area (Å²) >= 11 is 0. The maximum Gasteiger partial charge on any atom is 0.0541 e. The summed E-state index contributed by atoms with van der Waals surface area (Å²) in [6.45, 7) is 0. The van der Waals surface area contributed by atoms with Crippen molar-refractivity contribution in [1.82, 2.24) is 4.57 Å². The lowest BCUT2D eigenvalue weighted by Crippen LogP contribution is -2.09. The van der Waals surface area contributed by atoms with Crippen LogP contribution in [0.1, 0.15) is 0 Å². The van der Waals surface area contributed by atoms with E-state index in [0.29, 0.717) is 0 Å². The van der Waals surface area contributed by atoms with Gasteiger partial charge in [0, 0.05) is 28.1 Å². The Kier molecular flexibility index (Phi) is 5.17. The van der Waals surface area contributed by atoms with Gasteiger partial charge < -0.3 is 9.47 Å². The Labute approximate surface area is 200 Å². The summed E-state index contributed by atoms with van der Waals surface area (Å²) in [7, 11) is 0. The fourth-order valence-corrected chi connectivity index (χ4v) is 4.61. The van der Waals surface area contributed by atoms with Gasteiger partial charge in [-0.05, 0) is 66.2 Å². The second-order valence-corrected chi connectivity index (χ2v) is 8.31. The van der Waals surface area contributed by atoms with Crippen molar-refractivity contribution < 1.29 is 0 Å². The molecule has 6 aromatic rings. The number of anilines is 3. The topological polar surface area (TPSA) is 8.17 Å². The molecule has 34 heavy (non-hydrogen) atoms. The van der Waals surface area contributed by atoms with E-state index in [0.717, 1.165) is 22.7 Å². The third kappa shape index (κ3) is 3.66. The Balaban J connectivity index is 1.47. The Morgan fingerprint density at radius 2 is 0.941 bits per heavy atom. The lowest BCUT2D eigenvalue weighted by molar-refractivity contribution is 1.13. The minimum absolute atomic E-state index is 1.13. The average molecular weight is 437 g/mol. The number of aromatic nitrogens is 1. The summed E-state index contributed by atoms with van der Waals surface area (Å²) in [6.07, 6.45) is 0. The van der Waals surface area contributed by atoms with Gasteiger partial charge in [-0.3, -0.25) is 0 Å². The van der Waals surface area contributed by atoms with E-state index in [-0.39, 0.29) is 0 Å². The number of nitrogens with zero attached hydrogens (tertiary/aromatic N) is 2. The van der Waals surface area contributed by atoms with Crippen LogP contribution in [-0.4, -0.2) is 4.57 Å². The van der Waals surface area contributed by atoms with Gasteiger partial charge >= 0.3 is 0 Å².